The molecular weight excluding hydrogens is 270 g/mol. The Morgan fingerprint density at radius 3 is 2.56 bits per heavy atom. The van der Waals surface area contributed by atoms with Crippen molar-refractivity contribution in [3.63, 3.8) is 0 Å². The number of benzene rings is 1. The molecule has 0 aliphatic rings. The summed E-state index contributed by atoms with van der Waals surface area (Å²) >= 11 is 3.32. The maximum absolute atomic E-state index is 11.3. The van der Waals surface area contributed by atoms with Gasteiger partial charge >= 0.3 is 6.03 Å². The average molecular weight is 284 g/mol. The van der Waals surface area contributed by atoms with Crippen LogP contribution in [0.5, 0.6) is 0 Å². The van der Waals surface area contributed by atoms with Gasteiger partial charge in [-0.25, -0.2) is 10.2 Å². The molecule has 4 nitrogen and oxygen atoms in total. The van der Waals surface area contributed by atoms with Crippen molar-refractivity contribution in [3.05, 3.63) is 28.7 Å². The lowest BCUT2D eigenvalue weighted by Gasteiger charge is -2.04. The van der Waals surface area contributed by atoms with Gasteiger partial charge < -0.3 is 5.32 Å². The van der Waals surface area contributed by atoms with Crippen LogP contribution in [-0.2, 0) is 0 Å². The molecule has 1 aromatic carbocycles. The predicted molar refractivity (Wildman–Crippen MR) is 69.6 cm³/mol. The highest BCUT2D eigenvalue weighted by Crippen LogP contribution is 2.13. The molecule has 1 rings (SSSR count). The highest BCUT2D eigenvalue weighted by Gasteiger charge is 1.99. The van der Waals surface area contributed by atoms with Crippen LogP contribution in [0.25, 0.3) is 0 Å². The number of hydrogen-bond acceptors (Lipinski definition) is 2. The van der Waals surface area contributed by atoms with E-state index < -0.39 is 0 Å². The van der Waals surface area contributed by atoms with Crippen LogP contribution in [0.3, 0.4) is 0 Å². The van der Waals surface area contributed by atoms with E-state index in [2.05, 4.69) is 31.8 Å². The van der Waals surface area contributed by atoms with Crippen molar-refractivity contribution in [2.75, 3.05) is 5.32 Å². The van der Waals surface area contributed by atoms with E-state index in [9.17, 15) is 4.79 Å². The van der Waals surface area contributed by atoms with E-state index in [0.29, 0.717) is 5.92 Å². The topological polar surface area (TPSA) is 53.5 Å². The molecule has 0 radical (unpaired) electrons. The van der Waals surface area contributed by atoms with Crippen molar-refractivity contribution in [3.8, 4) is 0 Å². The molecule has 0 aromatic heterocycles. The number of hydrazone groups is 1. The first-order valence-electron chi connectivity index (χ1n) is 4.93. The number of rotatable bonds is 3. The third kappa shape index (κ3) is 4.93. The summed E-state index contributed by atoms with van der Waals surface area (Å²) in [6.45, 7) is 3.97. The summed E-state index contributed by atoms with van der Waals surface area (Å²) in [7, 11) is 0. The Hall–Kier alpha value is -1.36. The van der Waals surface area contributed by atoms with Gasteiger partial charge in [0.1, 0.15) is 0 Å². The molecule has 0 aliphatic heterocycles. The van der Waals surface area contributed by atoms with Crippen molar-refractivity contribution in [2.45, 2.75) is 13.8 Å². The Labute approximate surface area is 103 Å². The molecule has 86 valence electrons. The molecule has 16 heavy (non-hydrogen) atoms. The minimum Gasteiger partial charge on any atom is -0.307 e. The number of halogens is 1. The Morgan fingerprint density at radius 2 is 2.00 bits per heavy atom. The SMILES string of the molecule is CC(C)/C=N\NC(=O)Nc1ccc(Br)cc1. The number of nitrogens with zero attached hydrogens (tertiary/aromatic N) is 1. The first-order chi connectivity index (χ1) is 7.58. The van der Waals surface area contributed by atoms with E-state index in [1.165, 1.54) is 0 Å². The Morgan fingerprint density at radius 1 is 1.38 bits per heavy atom. The fourth-order valence-corrected chi connectivity index (χ4v) is 1.20. The first-order valence-corrected chi connectivity index (χ1v) is 5.73. The maximum Gasteiger partial charge on any atom is 0.339 e. The summed E-state index contributed by atoms with van der Waals surface area (Å²) in [5, 5.41) is 6.45. The zero-order chi connectivity index (χ0) is 12.0. The van der Waals surface area contributed by atoms with E-state index in [0.717, 1.165) is 10.2 Å². The van der Waals surface area contributed by atoms with Crippen molar-refractivity contribution in [1.29, 1.82) is 0 Å². The number of anilines is 1. The summed E-state index contributed by atoms with van der Waals surface area (Å²) in [6.07, 6.45) is 1.67. The van der Waals surface area contributed by atoms with E-state index in [1.807, 2.05) is 26.0 Å². The molecule has 0 heterocycles. The van der Waals surface area contributed by atoms with Gasteiger partial charge in [-0.3, -0.25) is 0 Å². The minimum absolute atomic E-state index is 0.313. The molecule has 1 aromatic rings. The van der Waals surface area contributed by atoms with Gasteiger partial charge in [0.25, 0.3) is 0 Å². The molecule has 2 N–H and O–H groups in total. The third-order valence-corrected chi connectivity index (χ3v) is 2.17. The van der Waals surface area contributed by atoms with Gasteiger partial charge in [-0.15, -0.1) is 0 Å². The maximum atomic E-state index is 11.3. The molecule has 0 bridgehead atoms. The van der Waals surface area contributed by atoms with E-state index >= 15 is 0 Å². The van der Waals surface area contributed by atoms with Crippen molar-refractivity contribution in [1.82, 2.24) is 5.43 Å². The lowest BCUT2D eigenvalue weighted by molar-refractivity contribution is 0.252. The normalized spacial score (nSPS) is 10.8. The molecular formula is C11H14BrN3O. The summed E-state index contributed by atoms with van der Waals surface area (Å²) in [6, 6.07) is 6.96. The Bertz CT molecular complexity index is 373. The van der Waals surface area contributed by atoms with Crippen LogP contribution in [0.15, 0.2) is 33.8 Å². The molecule has 5 heteroatoms. The number of carbonyl (C=O) groups is 1. The van der Waals surface area contributed by atoms with Crippen LogP contribution in [0, 0.1) is 5.92 Å². The minimum atomic E-state index is -0.348. The van der Waals surface area contributed by atoms with Crippen LogP contribution in [0.4, 0.5) is 10.5 Å². The largest absolute Gasteiger partial charge is 0.339 e. The number of nitrogens with one attached hydrogen (secondary N) is 2. The second kappa shape index (κ2) is 6.27. The molecule has 0 fully saturated rings. The molecule has 0 unspecified atom stereocenters. The quantitative estimate of drug-likeness (QED) is 0.650. The van der Waals surface area contributed by atoms with Gasteiger partial charge in [-0.2, -0.15) is 5.10 Å². The molecule has 0 saturated carbocycles. The zero-order valence-electron chi connectivity index (χ0n) is 9.20. The van der Waals surface area contributed by atoms with Crippen molar-refractivity contribution < 1.29 is 4.79 Å². The van der Waals surface area contributed by atoms with Crippen molar-refractivity contribution >= 4 is 33.9 Å². The number of amides is 2. The second-order valence-corrected chi connectivity index (χ2v) is 4.51. The summed E-state index contributed by atoms with van der Waals surface area (Å²) < 4.78 is 0.969. The Kier molecular flexibility index (Phi) is 4.98. The van der Waals surface area contributed by atoms with Crippen LogP contribution in [0.2, 0.25) is 0 Å². The van der Waals surface area contributed by atoms with Crippen LogP contribution in [-0.4, -0.2) is 12.2 Å². The summed E-state index contributed by atoms with van der Waals surface area (Å²) in [5.74, 6) is 0.313. The first kappa shape index (κ1) is 12.7. The monoisotopic (exact) mass is 283 g/mol. The lowest BCUT2D eigenvalue weighted by Crippen LogP contribution is -2.24. The van der Waals surface area contributed by atoms with Gasteiger partial charge in [0.15, 0.2) is 0 Å². The Balaban J connectivity index is 2.43. The molecule has 0 spiro atoms. The van der Waals surface area contributed by atoms with Crippen LogP contribution in [0.1, 0.15) is 13.8 Å². The molecule has 0 atom stereocenters. The van der Waals surface area contributed by atoms with E-state index in [4.69, 9.17) is 0 Å². The highest BCUT2D eigenvalue weighted by molar-refractivity contribution is 9.10. The second-order valence-electron chi connectivity index (χ2n) is 3.60. The van der Waals surface area contributed by atoms with Gasteiger partial charge in [0.2, 0.25) is 0 Å². The van der Waals surface area contributed by atoms with E-state index in [1.54, 1.807) is 18.3 Å². The fourth-order valence-electron chi connectivity index (χ4n) is 0.937. The average Bonchev–Trinajstić information content (AvgIpc) is 2.21. The van der Waals surface area contributed by atoms with Gasteiger partial charge in [-0.1, -0.05) is 29.8 Å². The lowest BCUT2D eigenvalue weighted by atomic mass is 10.3. The molecule has 2 amide bonds. The fraction of sp³-hybridized carbons (Fsp3) is 0.273. The van der Waals surface area contributed by atoms with Gasteiger partial charge in [0.05, 0.1) is 0 Å². The molecule has 0 saturated heterocycles. The highest BCUT2D eigenvalue weighted by atomic mass is 79.9. The van der Waals surface area contributed by atoms with Gasteiger partial charge in [-0.05, 0) is 30.2 Å². The number of urea groups is 1. The van der Waals surface area contributed by atoms with Crippen molar-refractivity contribution in [2.24, 2.45) is 11.0 Å². The zero-order valence-corrected chi connectivity index (χ0v) is 10.8. The number of hydrogen-bond donors (Lipinski definition) is 2. The van der Waals surface area contributed by atoms with Crippen LogP contribution < -0.4 is 10.7 Å². The molecule has 0 aliphatic carbocycles. The third-order valence-electron chi connectivity index (χ3n) is 1.64. The standard InChI is InChI=1S/C11H14BrN3O/c1-8(2)7-13-15-11(16)14-10-5-3-9(12)4-6-10/h3-8H,1-2H3,(H2,14,15,16)/b13-7-. The predicted octanol–water partition coefficient (Wildman–Crippen LogP) is 3.21. The van der Waals surface area contributed by atoms with Crippen LogP contribution >= 0.6 is 15.9 Å². The summed E-state index contributed by atoms with van der Waals surface area (Å²) in [5.41, 5.74) is 3.11. The smallest absolute Gasteiger partial charge is 0.307 e. The van der Waals surface area contributed by atoms with Gasteiger partial charge in [0, 0.05) is 16.4 Å². The summed E-state index contributed by atoms with van der Waals surface area (Å²) in [4.78, 5) is 11.3. The number of carbonyl (C=O) groups excluding carboxylic acids is 1. The van der Waals surface area contributed by atoms with E-state index in [-0.39, 0.29) is 6.03 Å².